The summed E-state index contributed by atoms with van der Waals surface area (Å²) in [4.78, 5) is 21.7. The van der Waals surface area contributed by atoms with Gasteiger partial charge in [0.25, 0.3) is 0 Å². The van der Waals surface area contributed by atoms with E-state index < -0.39 is 0 Å². The van der Waals surface area contributed by atoms with Crippen LogP contribution in [-0.2, 0) is 6.42 Å². The molecule has 3 N–H and O–H groups in total. The molecule has 0 saturated carbocycles. The van der Waals surface area contributed by atoms with E-state index in [4.69, 9.17) is 23.2 Å². The fourth-order valence-electron chi connectivity index (χ4n) is 2.67. The summed E-state index contributed by atoms with van der Waals surface area (Å²) < 4.78 is 1.04. The fourth-order valence-corrected chi connectivity index (χ4v) is 4.81. The summed E-state index contributed by atoms with van der Waals surface area (Å²) in [5.41, 5.74) is 2.44. The summed E-state index contributed by atoms with van der Waals surface area (Å²) in [6.45, 7) is 0.688. The van der Waals surface area contributed by atoms with Crippen LogP contribution in [0.5, 0.6) is 0 Å². The molecule has 0 aliphatic rings. The number of thiazole rings is 1. The number of hydrogen-bond acceptors (Lipinski definition) is 6. The normalized spacial score (nSPS) is 10.8. The van der Waals surface area contributed by atoms with Gasteiger partial charge in [-0.15, -0.1) is 22.7 Å². The van der Waals surface area contributed by atoms with Gasteiger partial charge in [0, 0.05) is 40.9 Å². The summed E-state index contributed by atoms with van der Waals surface area (Å²) in [6.07, 6.45) is 4.17. The second-order valence-corrected chi connectivity index (χ2v) is 8.89. The topological polar surface area (TPSA) is 78.9 Å². The number of urea groups is 1. The van der Waals surface area contributed by atoms with E-state index in [-0.39, 0.29) is 6.03 Å². The maximum atomic E-state index is 12.1. The minimum atomic E-state index is -0.366. The molecule has 4 rings (SSSR count). The highest BCUT2D eigenvalue weighted by Gasteiger charge is 2.10. The minimum Gasteiger partial charge on any atom is -0.382 e. The average molecular weight is 464 g/mol. The van der Waals surface area contributed by atoms with Crippen molar-refractivity contribution >= 4 is 78.6 Å². The molecular formula is C19H15Cl2N5OS2. The number of rotatable bonds is 6. The van der Waals surface area contributed by atoms with E-state index in [0.717, 1.165) is 27.2 Å². The maximum Gasteiger partial charge on any atom is 0.325 e. The number of amides is 2. The van der Waals surface area contributed by atoms with Crippen LogP contribution in [-0.4, -0.2) is 22.5 Å². The standard InChI is InChI=1S/C19H15Cl2N5OS2/c20-11-2-1-3-12(8-11)25-18(27)26-19-24-9-13(29-19)4-6-22-16-14(21)10-23-15-5-7-28-17(15)16/h1-3,5,7-10H,4,6H2,(H,22,23)(H2,24,25,26,27). The molecule has 148 valence electrons. The van der Waals surface area contributed by atoms with Crippen molar-refractivity contribution in [1.29, 1.82) is 0 Å². The molecular weight excluding hydrogens is 449 g/mol. The van der Waals surface area contributed by atoms with E-state index >= 15 is 0 Å². The molecule has 0 atom stereocenters. The highest BCUT2D eigenvalue weighted by atomic mass is 35.5. The molecule has 4 aromatic rings. The van der Waals surface area contributed by atoms with Gasteiger partial charge in [0.05, 0.1) is 20.9 Å². The molecule has 6 nitrogen and oxygen atoms in total. The third kappa shape index (κ3) is 4.97. The Labute approximate surface area is 184 Å². The Hall–Kier alpha value is -2.39. The second kappa shape index (κ2) is 8.96. The monoisotopic (exact) mass is 463 g/mol. The van der Waals surface area contributed by atoms with Gasteiger partial charge < -0.3 is 10.6 Å². The number of anilines is 3. The Bertz CT molecular complexity index is 1160. The predicted molar refractivity (Wildman–Crippen MR) is 123 cm³/mol. The van der Waals surface area contributed by atoms with Crippen molar-refractivity contribution in [2.24, 2.45) is 0 Å². The molecule has 0 saturated heterocycles. The van der Waals surface area contributed by atoms with Crippen LogP contribution in [0.25, 0.3) is 10.2 Å². The predicted octanol–water partition coefficient (Wildman–Crippen LogP) is 6.36. The number of benzene rings is 1. The van der Waals surface area contributed by atoms with Gasteiger partial charge in [-0.1, -0.05) is 29.3 Å². The van der Waals surface area contributed by atoms with E-state index in [0.29, 0.717) is 27.4 Å². The zero-order valence-corrected chi connectivity index (χ0v) is 18.1. The zero-order valence-electron chi connectivity index (χ0n) is 14.9. The lowest BCUT2D eigenvalue weighted by Crippen LogP contribution is -2.19. The molecule has 0 aliphatic carbocycles. The molecule has 2 amide bonds. The van der Waals surface area contributed by atoms with Crippen molar-refractivity contribution in [1.82, 2.24) is 9.97 Å². The first kappa shape index (κ1) is 19.9. The van der Waals surface area contributed by atoms with Crippen LogP contribution in [0.4, 0.5) is 21.3 Å². The molecule has 0 unspecified atom stereocenters. The van der Waals surface area contributed by atoms with Gasteiger partial charge in [0.15, 0.2) is 5.13 Å². The number of aromatic nitrogens is 2. The summed E-state index contributed by atoms with van der Waals surface area (Å²) in [5.74, 6) is 0. The van der Waals surface area contributed by atoms with Gasteiger partial charge in [0.2, 0.25) is 0 Å². The lowest BCUT2D eigenvalue weighted by molar-refractivity contribution is 0.262. The van der Waals surface area contributed by atoms with E-state index in [2.05, 4.69) is 25.9 Å². The number of pyridine rings is 1. The number of carbonyl (C=O) groups is 1. The van der Waals surface area contributed by atoms with Gasteiger partial charge >= 0.3 is 6.03 Å². The fraction of sp³-hybridized carbons (Fsp3) is 0.105. The number of nitrogens with zero attached hydrogens (tertiary/aromatic N) is 2. The number of thiophene rings is 1. The van der Waals surface area contributed by atoms with Crippen LogP contribution < -0.4 is 16.0 Å². The van der Waals surface area contributed by atoms with Crippen molar-refractivity contribution < 1.29 is 4.79 Å². The lowest BCUT2D eigenvalue weighted by Gasteiger charge is -2.08. The number of halogens is 2. The zero-order chi connectivity index (χ0) is 20.2. The molecule has 1 aromatic carbocycles. The van der Waals surface area contributed by atoms with Gasteiger partial charge in [0.1, 0.15) is 0 Å². The first-order valence-corrected chi connectivity index (χ1v) is 11.1. The number of fused-ring (bicyclic) bond motifs is 1. The van der Waals surface area contributed by atoms with Crippen LogP contribution in [0.15, 0.2) is 48.1 Å². The van der Waals surface area contributed by atoms with Crippen molar-refractivity contribution in [2.45, 2.75) is 6.42 Å². The first-order chi connectivity index (χ1) is 14.1. The van der Waals surface area contributed by atoms with E-state index in [1.807, 2.05) is 11.4 Å². The van der Waals surface area contributed by atoms with E-state index in [9.17, 15) is 4.79 Å². The van der Waals surface area contributed by atoms with Crippen LogP contribution in [0.1, 0.15) is 4.88 Å². The third-order valence-corrected chi connectivity index (χ3v) is 6.37. The molecule has 29 heavy (non-hydrogen) atoms. The van der Waals surface area contributed by atoms with Crippen molar-refractivity contribution in [2.75, 3.05) is 22.5 Å². The lowest BCUT2D eigenvalue weighted by atomic mass is 10.3. The summed E-state index contributed by atoms with van der Waals surface area (Å²) in [5, 5.41) is 12.5. The van der Waals surface area contributed by atoms with Gasteiger partial charge in [-0.05, 0) is 29.6 Å². The van der Waals surface area contributed by atoms with Crippen molar-refractivity contribution in [3.05, 3.63) is 63.0 Å². The molecule has 10 heteroatoms. The summed E-state index contributed by atoms with van der Waals surface area (Å²) in [7, 11) is 0. The summed E-state index contributed by atoms with van der Waals surface area (Å²) in [6, 6.07) is 8.56. The summed E-state index contributed by atoms with van der Waals surface area (Å²) >= 11 is 15.2. The second-order valence-electron chi connectivity index (χ2n) is 6.01. The largest absolute Gasteiger partial charge is 0.382 e. The van der Waals surface area contributed by atoms with E-state index in [1.54, 1.807) is 48.0 Å². The van der Waals surface area contributed by atoms with Gasteiger partial charge in [-0.3, -0.25) is 10.3 Å². The number of carbonyl (C=O) groups excluding carboxylic acids is 1. The SMILES string of the molecule is O=C(Nc1cccc(Cl)c1)Nc1ncc(CCNc2c(Cl)cnc3ccsc23)s1. The van der Waals surface area contributed by atoms with Gasteiger partial charge in [-0.25, -0.2) is 9.78 Å². The van der Waals surface area contributed by atoms with Crippen molar-refractivity contribution in [3.8, 4) is 0 Å². The van der Waals surface area contributed by atoms with Crippen molar-refractivity contribution in [3.63, 3.8) is 0 Å². The van der Waals surface area contributed by atoms with Crippen LogP contribution in [0.3, 0.4) is 0 Å². The smallest absolute Gasteiger partial charge is 0.325 e. The minimum absolute atomic E-state index is 0.366. The van der Waals surface area contributed by atoms with Crippen LogP contribution in [0.2, 0.25) is 10.0 Å². The molecule has 3 heterocycles. The Morgan fingerprint density at radius 2 is 2.00 bits per heavy atom. The van der Waals surface area contributed by atoms with Gasteiger partial charge in [-0.2, -0.15) is 0 Å². The Kier molecular flexibility index (Phi) is 6.15. The quantitative estimate of drug-likeness (QED) is 0.310. The Balaban J connectivity index is 1.32. The Morgan fingerprint density at radius 3 is 2.86 bits per heavy atom. The highest BCUT2D eigenvalue weighted by molar-refractivity contribution is 7.17. The first-order valence-electron chi connectivity index (χ1n) is 8.62. The third-order valence-electron chi connectivity index (χ3n) is 3.96. The molecule has 0 radical (unpaired) electrons. The number of hydrogen-bond donors (Lipinski definition) is 3. The number of nitrogens with one attached hydrogen (secondary N) is 3. The van der Waals surface area contributed by atoms with Crippen LogP contribution in [0, 0.1) is 0 Å². The Morgan fingerprint density at radius 1 is 1.10 bits per heavy atom. The van der Waals surface area contributed by atoms with Crippen LogP contribution >= 0.6 is 45.9 Å². The molecule has 3 aromatic heterocycles. The maximum absolute atomic E-state index is 12.1. The van der Waals surface area contributed by atoms with E-state index in [1.165, 1.54) is 11.3 Å². The molecule has 0 fully saturated rings. The average Bonchev–Trinajstić information content (AvgIpc) is 3.33. The molecule has 0 bridgehead atoms. The highest BCUT2D eigenvalue weighted by Crippen LogP contribution is 2.33. The molecule has 0 spiro atoms. The molecule has 0 aliphatic heterocycles.